The smallest absolute Gasteiger partial charge is 0.304 e. The zero-order valence-corrected chi connectivity index (χ0v) is 19.4. The molecule has 8 nitrogen and oxygen atoms in total. The Balaban J connectivity index is 1.19. The van der Waals surface area contributed by atoms with Gasteiger partial charge >= 0.3 is 5.97 Å². The molecule has 0 radical (unpaired) electrons. The largest absolute Gasteiger partial charge is 0.481 e. The molecule has 4 heterocycles. The minimum atomic E-state index is -0.762. The van der Waals surface area contributed by atoms with E-state index in [4.69, 9.17) is 4.98 Å². The summed E-state index contributed by atoms with van der Waals surface area (Å²) >= 11 is 0. The third-order valence-corrected chi connectivity index (χ3v) is 7.09. The van der Waals surface area contributed by atoms with Gasteiger partial charge in [0.15, 0.2) is 0 Å². The van der Waals surface area contributed by atoms with Crippen molar-refractivity contribution in [3.8, 4) is 5.69 Å². The fourth-order valence-electron chi connectivity index (χ4n) is 5.26. The minimum Gasteiger partial charge on any atom is -0.481 e. The number of anilines is 1. The van der Waals surface area contributed by atoms with E-state index in [1.807, 2.05) is 22.8 Å². The number of aryl methyl sites for hydroxylation is 2. The summed E-state index contributed by atoms with van der Waals surface area (Å²) in [4.78, 5) is 18.9. The third kappa shape index (κ3) is 5.44. The lowest BCUT2D eigenvalue weighted by atomic mass is 9.94. The Morgan fingerprint density at radius 1 is 1.21 bits per heavy atom. The first kappa shape index (κ1) is 22.5. The van der Waals surface area contributed by atoms with E-state index >= 15 is 0 Å². The first-order chi connectivity index (χ1) is 16.6. The van der Waals surface area contributed by atoms with Crippen LogP contribution in [0, 0.1) is 5.92 Å². The number of carboxylic acids is 1. The Labute approximate surface area is 200 Å². The monoisotopic (exact) mass is 460 g/mol. The number of nitrogens with one attached hydrogen (secondary N) is 1. The van der Waals surface area contributed by atoms with Crippen LogP contribution in [0.4, 0.5) is 5.82 Å². The van der Waals surface area contributed by atoms with Gasteiger partial charge in [-0.1, -0.05) is 18.2 Å². The van der Waals surface area contributed by atoms with Gasteiger partial charge in [-0.25, -0.2) is 4.98 Å². The summed E-state index contributed by atoms with van der Waals surface area (Å²) in [6.45, 7) is 3.81. The van der Waals surface area contributed by atoms with E-state index in [1.165, 1.54) is 17.7 Å². The molecular formula is C26H32N6O2. The van der Waals surface area contributed by atoms with Crippen LogP contribution < -0.4 is 5.32 Å². The van der Waals surface area contributed by atoms with Crippen molar-refractivity contribution in [3.63, 3.8) is 0 Å². The average Bonchev–Trinajstić information content (AvgIpc) is 3.55. The molecule has 1 fully saturated rings. The molecule has 34 heavy (non-hydrogen) atoms. The van der Waals surface area contributed by atoms with Crippen molar-refractivity contribution in [1.82, 2.24) is 24.6 Å². The quantitative estimate of drug-likeness (QED) is 0.504. The topological polar surface area (TPSA) is 96.2 Å². The molecule has 2 aromatic heterocycles. The number of benzene rings is 1. The second-order valence-electron chi connectivity index (χ2n) is 9.55. The highest BCUT2D eigenvalue weighted by Crippen LogP contribution is 2.28. The van der Waals surface area contributed by atoms with Crippen molar-refractivity contribution >= 4 is 11.8 Å². The number of aromatic nitrogens is 4. The molecule has 1 saturated heterocycles. The zero-order chi connectivity index (χ0) is 23.3. The summed E-state index contributed by atoms with van der Waals surface area (Å²) in [5.41, 5.74) is 4.49. The molecule has 2 aliphatic rings. The molecular weight excluding hydrogens is 428 g/mol. The highest BCUT2D eigenvalue weighted by molar-refractivity contribution is 5.68. The molecule has 8 heteroatoms. The maximum Gasteiger partial charge on any atom is 0.304 e. The molecule has 3 aromatic rings. The maximum atomic E-state index is 11.6. The van der Waals surface area contributed by atoms with E-state index in [9.17, 15) is 9.90 Å². The molecule has 2 unspecified atom stereocenters. The molecule has 2 atom stereocenters. The molecule has 0 amide bonds. The van der Waals surface area contributed by atoms with Crippen molar-refractivity contribution in [2.75, 3.05) is 31.5 Å². The Kier molecular flexibility index (Phi) is 6.85. The van der Waals surface area contributed by atoms with E-state index in [0.29, 0.717) is 5.92 Å². The van der Waals surface area contributed by atoms with Crippen LogP contribution in [-0.2, 0) is 17.6 Å². The predicted octanol–water partition coefficient (Wildman–Crippen LogP) is 3.53. The van der Waals surface area contributed by atoms with Gasteiger partial charge in [-0.15, -0.1) is 10.2 Å². The average molecular weight is 461 g/mol. The predicted molar refractivity (Wildman–Crippen MR) is 130 cm³/mol. The number of rotatable bonds is 9. The number of carboxylic acid groups (broad SMARTS) is 1. The number of likely N-dealkylation sites (tertiary alicyclic amines) is 1. The molecule has 0 aliphatic carbocycles. The van der Waals surface area contributed by atoms with Crippen molar-refractivity contribution in [1.29, 1.82) is 0 Å². The summed E-state index contributed by atoms with van der Waals surface area (Å²) in [7, 11) is 0. The fourth-order valence-corrected chi connectivity index (χ4v) is 5.26. The zero-order valence-electron chi connectivity index (χ0n) is 19.4. The second kappa shape index (κ2) is 10.3. The number of hydrogen-bond acceptors (Lipinski definition) is 6. The van der Waals surface area contributed by atoms with Crippen LogP contribution in [-0.4, -0.2) is 61.9 Å². The van der Waals surface area contributed by atoms with Gasteiger partial charge in [-0.05, 0) is 73.9 Å². The van der Waals surface area contributed by atoms with Crippen molar-refractivity contribution < 1.29 is 9.90 Å². The number of nitrogens with zero attached hydrogens (tertiary/aromatic N) is 5. The van der Waals surface area contributed by atoms with E-state index in [0.717, 1.165) is 68.9 Å². The van der Waals surface area contributed by atoms with Crippen LogP contribution in [0.5, 0.6) is 0 Å². The van der Waals surface area contributed by atoms with Gasteiger partial charge in [0.25, 0.3) is 0 Å². The number of aliphatic carboxylic acids is 1. The molecule has 0 spiro atoms. The number of hydrogen-bond donors (Lipinski definition) is 2. The van der Waals surface area contributed by atoms with E-state index in [2.05, 4.69) is 38.6 Å². The fraction of sp³-hybridized carbons (Fsp3) is 0.462. The lowest BCUT2D eigenvalue weighted by molar-refractivity contribution is -0.137. The first-order valence-electron chi connectivity index (χ1n) is 12.3. The Morgan fingerprint density at radius 2 is 2.09 bits per heavy atom. The van der Waals surface area contributed by atoms with Crippen molar-refractivity contribution in [3.05, 3.63) is 65.9 Å². The molecule has 2 N–H and O–H groups in total. The van der Waals surface area contributed by atoms with Crippen LogP contribution >= 0.6 is 0 Å². The van der Waals surface area contributed by atoms with E-state index < -0.39 is 5.97 Å². The summed E-state index contributed by atoms with van der Waals surface area (Å²) in [5, 5.41) is 20.7. The standard InChI is InChI=1S/C26H32N6O2/c33-25(34)14-22(21-3-1-5-24(13-21)32-17-28-29-18-32)16-31-12-10-19(15-31)6-8-23-9-7-20-4-2-11-27-26(20)30-23/h1,3,5,7,9,13,17-19,22H,2,4,6,8,10-12,14-16H2,(H,27,30)(H,33,34). The molecule has 178 valence electrons. The minimum absolute atomic E-state index is 0.0546. The highest BCUT2D eigenvalue weighted by Gasteiger charge is 2.27. The summed E-state index contributed by atoms with van der Waals surface area (Å²) < 4.78 is 1.84. The van der Waals surface area contributed by atoms with Crippen molar-refractivity contribution in [2.45, 2.75) is 44.4 Å². The van der Waals surface area contributed by atoms with Gasteiger partial charge in [-0.3, -0.25) is 9.36 Å². The lowest BCUT2D eigenvalue weighted by Gasteiger charge is -2.24. The van der Waals surface area contributed by atoms with Crippen molar-refractivity contribution in [2.24, 2.45) is 5.92 Å². The van der Waals surface area contributed by atoms with Crippen LogP contribution in [0.15, 0.2) is 49.1 Å². The SMILES string of the molecule is O=C(O)CC(CN1CCC(CCc2ccc3c(n2)NCCC3)C1)c1cccc(-n2cnnc2)c1. The van der Waals surface area contributed by atoms with Crippen LogP contribution in [0.1, 0.15) is 48.4 Å². The Bertz CT molecular complexity index is 1120. The van der Waals surface area contributed by atoms with Gasteiger partial charge in [0.05, 0.1) is 6.42 Å². The van der Waals surface area contributed by atoms with Gasteiger partial charge < -0.3 is 15.3 Å². The van der Waals surface area contributed by atoms with E-state index in [1.54, 1.807) is 12.7 Å². The van der Waals surface area contributed by atoms with E-state index in [-0.39, 0.29) is 12.3 Å². The lowest BCUT2D eigenvalue weighted by Crippen LogP contribution is -2.28. The normalized spacial score (nSPS) is 18.9. The Morgan fingerprint density at radius 3 is 2.94 bits per heavy atom. The molecule has 0 saturated carbocycles. The summed E-state index contributed by atoms with van der Waals surface area (Å²) in [5.74, 6) is 0.880. The van der Waals surface area contributed by atoms with Crippen LogP contribution in [0.2, 0.25) is 0 Å². The highest BCUT2D eigenvalue weighted by atomic mass is 16.4. The number of carbonyl (C=O) groups is 1. The summed E-state index contributed by atoms with van der Waals surface area (Å²) in [6.07, 6.45) is 9.00. The van der Waals surface area contributed by atoms with Gasteiger partial charge in [-0.2, -0.15) is 0 Å². The summed E-state index contributed by atoms with van der Waals surface area (Å²) in [6, 6.07) is 12.5. The molecule has 0 bridgehead atoms. The van der Waals surface area contributed by atoms with Gasteiger partial charge in [0.1, 0.15) is 18.5 Å². The van der Waals surface area contributed by atoms with Crippen LogP contribution in [0.25, 0.3) is 5.69 Å². The molecule has 2 aliphatic heterocycles. The van der Waals surface area contributed by atoms with Gasteiger partial charge in [0, 0.05) is 36.9 Å². The maximum absolute atomic E-state index is 11.6. The van der Waals surface area contributed by atoms with Gasteiger partial charge in [0.2, 0.25) is 0 Å². The molecule has 5 rings (SSSR count). The van der Waals surface area contributed by atoms with Crippen LogP contribution in [0.3, 0.4) is 0 Å². The third-order valence-electron chi connectivity index (χ3n) is 7.09. The second-order valence-corrected chi connectivity index (χ2v) is 9.55. The Hall–Kier alpha value is -3.26. The first-order valence-corrected chi connectivity index (χ1v) is 12.3. The number of pyridine rings is 1. The molecule has 1 aromatic carbocycles. The number of fused-ring (bicyclic) bond motifs is 1.